The van der Waals surface area contributed by atoms with Gasteiger partial charge in [-0.15, -0.1) is 10.2 Å². The van der Waals surface area contributed by atoms with Gasteiger partial charge in [0.1, 0.15) is 5.82 Å². The molecule has 0 unspecified atom stereocenters. The highest BCUT2D eigenvalue weighted by atomic mass is 35.5. The fraction of sp³-hybridized carbons (Fsp3) is 0.0909. The van der Waals surface area contributed by atoms with Crippen LogP contribution >= 0.6 is 35.0 Å². The van der Waals surface area contributed by atoms with Gasteiger partial charge in [-0.3, -0.25) is 9.36 Å². The third-order valence-corrected chi connectivity index (χ3v) is 5.73. The van der Waals surface area contributed by atoms with Gasteiger partial charge >= 0.3 is 0 Å². The number of halogens is 2. The molecule has 4 aromatic rings. The Morgan fingerprint density at radius 1 is 1.03 bits per heavy atom. The minimum atomic E-state index is -0.202. The van der Waals surface area contributed by atoms with Crippen LogP contribution in [-0.4, -0.2) is 31.4 Å². The summed E-state index contributed by atoms with van der Waals surface area (Å²) in [7, 11) is 0. The molecule has 0 spiro atoms. The molecule has 9 heteroatoms. The van der Waals surface area contributed by atoms with Crippen LogP contribution in [0.2, 0.25) is 10.0 Å². The Morgan fingerprint density at radius 2 is 1.81 bits per heavy atom. The maximum Gasteiger partial charge on any atom is 0.236 e. The molecule has 0 aliphatic rings. The molecular formula is C22H17Cl2N5OS. The molecule has 0 radical (unpaired) electrons. The highest BCUT2D eigenvalue weighted by molar-refractivity contribution is 7.99. The van der Waals surface area contributed by atoms with E-state index in [0.29, 0.717) is 26.8 Å². The molecule has 0 fully saturated rings. The van der Waals surface area contributed by atoms with Crippen molar-refractivity contribution in [3.05, 3.63) is 82.5 Å². The summed E-state index contributed by atoms with van der Waals surface area (Å²) >= 11 is 13.2. The van der Waals surface area contributed by atoms with Crippen molar-refractivity contribution < 1.29 is 4.79 Å². The minimum absolute atomic E-state index is 0.148. The standard InChI is InChI=1S/C22H17Cl2N5OS/c1-14-3-2-4-18(11-14)29-21(15-5-7-16(23)8-6-15)27-28-22(29)31-13-20(30)26-19-10-9-17(24)12-25-19/h2-12H,13H2,1H3,(H,25,26,30). The van der Waals surface area contributed by atoms with Crippen LogP contribution in [0.4, 0.5) is 5.82 Å². The number of thioether (sulfide) groups is 1. The molecule has 31 heavy (non-hydrogen) atoms. The molecule has 0 aliphatic heterocycles. The highest BCUT2D eigenvalue weighted by Crippen LogP contribution is 2.29. The largest absolute Gasteiger partial charge is 0.310 e. The van der Waals surface area contributed by atoms with Gasteiger partial charge in [0, 0.05) is 22.5 Å². The van der Waals surface area contributed by atoms with E-state index in [2.05, 4.69) is 20.5 Å². The number of carbonyl (C=O) groups is 1. The maximum absolute atomic E-state index is 12.4. The van der Waals surface area contributed by atoms with Crippen LogP contribution in [0.15, 0.2) is 72.0 Å². The lowest BCUT2D eigenvalue weighted by Crippen LogP contribution is -2.15. The number of carbonyl (C=O) groups excluding carboxylic acids is 1. The topological polar surface area (TPSA) is 72.7 Å². The molecule has 2 aromatic carbocycles. The van der Waals surface area contributed by atoms with Crippen molar-refractivity contribution in [3.63, 3.8) is 0 Å². The van der Waals surface area contributed by atoms with E-state index in [1.807, 2.05) is 60.0 Å². The Bertz CT molecular complexity index is 1210. The molecule has 1 amide bonds. The van der Waals surface area contributed by atoms with Crippen LogP contribution in [0, 0.1) is 6.92 Å². The number of amides is 1. The van der Waals surface area contributed by atoms with E-state index >= 15 is 0 Å². The zero-order chi connectivity index (χ0) is 21.8. The summed E-state index contributed by atoms with van der Waals surface area (Å²) in [5.74, 6) is 1.06. The molecule has 0 atom stereocenters. The van der Waals surface area contributed by atoms with Gasteiger partial charge in [0.15, 0.2) is 11.0 Å². The monoisotopic (exact) mass is 469 g/mol. The predicted octanol–water partition coefficient (Wildman–Crippen LogP) is 5.68. The molecule has 6 nitrogen and oxygen atoms in total. The lowest BCUT2D eigenvalue weighted by atomic mass is 10.2. The molecule has 4 rings (SSSR count). The Kier molecular flexibility index (Phi) is 6.56. The van der Waals surface area contributed by atoms with Crippen LogP contribution in [0.1, 0.15) is 5.56 Å². The number of rotatable bonds is 6. The average Bonchev–Trinajstić information content (AvgIpc) is 3.18. The number of pyridine rings is 1. The van der Waals surface area contributed by atoms with E-state index in [9.17, 15) is 4.79 Å². The van der Waals surface area contributed by atoms with E-state index in [-0.39, 0.29) is 11.7 Å². The third kappa shape index (κ3) is 5.25. The number of hydrogen-bond acceptors (Lipinski definition) is 5. The van der Waals surface area contributed by atoms with Gasteiger partial charge in [-0.05, 0) is 61.0 Å². The van der Waals surface area contributed by atoms with Crippen molar-refractivity contribution in [3.8, 4) is 17.1 Å². The van der Waals surface area contributed by atoms with Crippen molar-refractivity contribution in [2.45, 2.75) is 12.1 Å². The van der Waals surface area contributed by atoms with Gasteiger partial charge in [-0.1, -0.05) is 47.1 Å². The molecule has 1 N–H and O–H groups in total. The summed E-state index contributed by atoms with van der Waals surface area (Å²) in [6.07, 6.45) is 1.48. The van der Waals surface area contributed by atoms with E-state index in [4.69, 9.17) is 23.2 Å². The van der Waals surface area contributed by atoms with Gasteiger partial charge in [-0.25, -0.2) is 4.98 Å². The molecule has 2 aromatic heterocycles. The first-order chi connectivity index (χ1) is 15.0. The number of nitrogens with one attached hydrogen (secondary N) is 1. The Hall–Kier alpha value is -2.87. The molecule has 2 heterocycles. The zero-order valence-electron chi connectivity index (χ0n) is 16.4. The smallest absolute Gasteiger partial charge is 0.236 e. The Morgan fingerprint density at radius 3 is 2.52 bits per heavy atom. The number of benzene rings is 2. The first-order valence-electron chi connectivity index (χ1n) is 9.32. The number of aromatic nitrogens is 4. The molecular weight excluding hydrogens is 453 g/mol. The van der Waals surface area contributed by atoms with Crippen LogP contribution < -0.4 is 5.32 Å². The van der Waals surface area contributed by atoms with E-state index in [1.54, 1.807) is 12.1 Å². The fourth-order valence-electron chi connectivity index (χ4n) is 2.91. The van der Waals surface area contributed by atoms with Gasteiger partial charge in [-0.2, -0.15) is 0 Å². The first-order valence-corrected chi connectivity index (χ1v) is 11.1. The second-order valence-corrected chi connectivity index (χ2v) is 8.50. The number of aryl methyl sites for hydroxylation is 1. The van der Waals surface area contributed by atoms with E-state index in [1.165, 1.54) is 18.0 Å². The molecule has 0 saturated heterocycles. The van der Waals surface area contributed by atoms with Crippen molar-refractivity contribution in [1.29, 1.82) is 0 Å². The van der Waals surface area contributed by atoms with Gasteiger partial charge < -0.3 is 5.32 Å². The SMILES string of the molecule is Cc1cccc(-n2c(SCC(=O)Nc3ccc(Cl)cn3)nnc2-c2ccc(Cl)cc2)c1. The van der Waals surface area contributed by atoms with Gasteiger partial charge in [0.05, 0.1) is 10.8 Å². The summed E-state index contributed by atoms with van der Waals surface area (Å²) in [4.78, 5) is 16.5. The minimum Gasteiger partial charge on any atom is -0.310 e. The lowest BCUT2D eigenvalue weighted by molar-refractivity contribution is -0.113. The molecule has 156 valence electrons. The summed E-state index contributed by atoms with van der Waals surface area (Å²) in [6, 6.07) is 18.8. The van der Waals surface area contributed by atoms with Crippen LogP contribution in [0.5, 0.6) is 0 Å². The van der Waals surface area contributed by atoms with Crippen molar-refractivity contribution in [2.75, 3.05) is 11.1 Å². The van der Waals surface area contributed by atoms with E-state index < -0.39 is 0 Å². The Balaban J connectivity index is 1.60. The second-order valence-electron chi connectivity index (χ2n) is 6.69. The van der Waals surface area contributed by atoms with Crippen molar-refractivity contribution in [2.24, 2.45) is 0 Å². The van der Waals surface area contributed by atoms with Gasteiger partial charge in [0.2, 0.25) is 5.91 Å². The molecule has 0 bridgehead atoms. The van der Waals surface area contributed by atoms with Crippen molar-refractivity contribution in [1.82, 2.24) is 19.7 Å². The zero-order valence-corrected chi connectivity index (χ0v) is 18.7. The number of anilines is 1. The van der Waals surface area contributed by atoms with Crippen LogP contribution in [0.25, 0.3) is 17.1 Å². The van der Waals surface area contributed by atoms with Crippen LogP contribution in [-0.2, 0) is 4.79 Å². The molecule has 0 aliphatic carbocycles. The number of hydrogen-bond donors (Lipinski definition) is 1. The average molecular weight is 470 g/mol. The highest BCUT2D eigenvalue weighted by Gasteiger charge is 2.17. The summed E-state index contributed by atoms with van der Waals surface area (Å²) in [5, 5.41) is 13.2. The summed E-state index contributed by atoms with van der Waals surface area (Å²) < 4.78 is 1.94. The predicted molar refractivity (Wildman–Crippen MR) is 125 cm³/mol. The third-order valence-electron chi connectivity index (χ3n) is 4.32. The first kappa shape index (κ1) is 21.4. The van der Waals surface area contributed by atoms with Crippen molar-refractivity contribution >= 4 is 46.7 Å². The van der Waals surface area contributed by atoms with E-state index in [0.717, 1.165) is 16.8 Å². The number of nitrogens with zero attached hydrogens (tertiary/aromatic N) is 4. The summed E-state index contributed by atoms with van der Waals surface area (Å²) in [5.41, 5.74) is 2.90. The quantitative estimate of drug-likeness (QED) is 0.368. The second kappa shape index (κ2) is 9.51. The molecule has 0 saturated carbocycles. The fourth-order valence-corrected chi connectivity index (χ4v) is 3.90. The maximum atomic E-state index is 12.4. The van der Waals surface area contributed by atoms with Crippen LogP contribution in [0.3, 0.4) is 0 Å². The summed E-state index contributed by atoms with van der Waals surface area (Å²) in [6.45, 7) is 2.02. The van der Waals surface area contributed by atoms with Gasteiger partial charge in [0.25, 0.3) is 0 Å². The Labute approximate surface area is 193 Å². The lowest BCUT2D eigenvalue weighted by Gasteiger charge is -2.11. The normalized spacial score (nSPS) is 10.8.